The van der Waals surface area contributed by atoms with Crippen molar-refractivity contribution in [1.29, 1.82) is 0 Å². The molecule has 1 fully saturated rings. The van der Waals surface area contributed by atoms with Crippen LogP contribution in [0.3, 0.4) is 0 Å². The quantitative estimate of drug-likeness (QED) is 0.838. The number of aryl methyl sites for hydroxylation is 1. The van der Waals surface area contributed by atoms with Gasteiger partial charge in [-0.05, 0) is 49.1 Å². The second kappa shape index (κ2) is 8.10. The van der Waals surface area contributed by atoms with Crippen LogP contribution in [0.25, 0.3) is 0 Å². The lowest BCUT2D eigenvalue weighted by Gasteiger charge is -2.35. The van der Waals surface area contributed by atoms with Crippen molar-refractivity contribution in [2.45, 2.75) is 38.8 Å². The third-order valence-corrected chi connectivity index (χ3v) is 4.86. The van der Waals surface area contributed by atoms with E-state index in [0.29, 0.717) is 11.6 Å². The Bertz CT molecular complexity index is 860. The number of carbonyl (C=O) groups is 1. The van der Waals surface area contributed by atoms with Gasteiger partial charge < -0.3 is 20.1 Å². The smallest absolute Gasteiger partial charge is 0.317 e. The van der Waals surface area contributed by atoms with Gasteiger partial charge in [0.05, 0.1) is 6.54 Å². The first kappa shape index (κ1) is 20.0. The van der Waals surface area contributed by atoms with Crippen molar-refractivity contribution in [2.75, 3.05) is 13.1 Å². The summed E-state index contributed by atoms with van der Waals surface area (Å²) in [6.07, 6.45) is -0.293. The molecule has 1 atom stereocenters. The van der Waals surface area contributed by atoms with E-state index in [1.165, 1.54) is 0 Å². The Morgan fingerprint density at radius 2 is 2.18 bits per heavy atom. The molecule has 0 saturated carbocycles. The van der Waals surface area contributed by atoms with Crippen LogP contribution in [0.15, 0.2) is 36.5 Å². The third-order valence-electron chi connectivity index (χ3n) is 4.86. The van der Waals surface area contributed by atoms with E-state index in [2.05, 4.69) is 10.3 Å². The van der Waals surface area contributed by atoms with Gasteiger partial charge >= 0.3 is 6.03 Å². The summed E-state index contributed by atoms with van der Waals surface area (Å²) in [5, 5.41) is 11.9. The van der Waals surface area contributed by atoms with Crippen molar-refractivity contribution in [1.82, 2.24) is 15.2 Å². The topological polar surface area (TPSA) is 74.7 Å². The maximum atomic E-state index is 13.6. The number of ether oxygens (including phenoxy) is 1. The molecule has 8 heteroatoms. The zero-order valence-corrected chi connectivity index (χ0v) is 15.8. The van der Waals surface area contributed by atoms with Crippen molar-refractivity contribution in [3.8, 4) is 11.6 Å². The van der Waals surface area contributed by atoms with Gasteiger partial charge in [0.25, 0.3) is 5.92 Å². The van der Waals surface area contributed by atoms with Crippen molar-refractivity contribution in [3.05, 3.63) is 53.2 Å². The summed E-state index contributed by atoms with van der Waals surface area (Å²) in [5.41, 5.74) is 2.84. The van der Waals surface area contributed by atoms with Crippen LogP contribution in [0.2, 0.25) is 0 Å². The van der Waals surface area contributed by atoms with Crippen molar-refractivity contribution < 1.29 is 23.4 Å². The lowest BCUT2D eigenvalue weighted by molar-refractivity contribution is -0.141. The van der Waals surface area contributed by atoms with E-state index < -0.39 is 24.6 Å². The van der Waals surface area contributed by atoms with Crippen molar-refractivity contribution in [2.24, 2.45) is 0 Å². The molecule has 0 spiro atoms. The van der Waals surface area contributed by atoms with Crippen LogP contribution in [-0.2, 0) is 6.54 Å². The summed E-state index contributed by atoms with van der Waals surface area (Å²) in [5.74, 6) is -2.21. The Kier molecular flexibility index (Phi) is 5.79. The Morgan fingerprint density at radius 1 is 1.39 bits per heavy atom. The number of aliphatic hydroxyl groups is 1. The van der Waals surface area contributed by atoms with Gasteiger partial charge in [-0.1, -0.05) is 12.1 Å². The number of halogens is 2. The van der Waals surface area contributed by atoms with Gasteiger partial charge in [-0.15, -0.1) is 0 Å². The molecule has 0 radical (unpaired) electrons. The summed E-state index contributed by atoms with van der Waals surface area (Å²) in [4.78, 5) is 17.4. The minimum atomic E-state index is -3.29. The normalized spacial score (nSPS) is 18.6. The second-order valence-electron chi connectivity index (χ2n) is 6.95. The van der Waals surface area contributed by atoms with E-state index >= 15 is 0 Å². The monoisotopic (exact) mass is 391 g/mol. The molecule has 1 aromatic heterocycles. The van der Waals surface area contributed by atoms with E-state index in [9.17, 15) is 18.7 Å². The van der Waals surface area contributed by atoms with Gasteiger partial charge in [0.1, 0.15) is 11.9 Å². The Morgan fingerprint density at radius 3 is 2.93 bits per heavy atom. The standard InChI is InChI=1S/C20H23F2N3O3/c1-13-4-3-5-16(14(13)2)28-18-10-15(6-8-23-18)11-24-19(27)25-9-7-17(26)20(21,22)12-25/h3-6,8,10,17,26H,7,9,11-12H2,1-2H3,(H,24,27). The number of hydrogen-bond acceptors (Lipinski definition) is 4. The molecule has 2 N–H and O–H groups in total. The fourth-order valence-corrected chi connectivity index (χ4v) is 2.95. The molecule has 1 aliphatic heterocycles. The minimum Gasteiger partial charge on any atom is -0.439 e. The molecule has 2 amide bonds. The second-order valence-corrected chi connectivity index (χ2v) is 6.95. The van der Waals surface area contributed by atoms with Gasteiger partial charge in [-0.3, -0.25) is 0 Å². The molecule has 1 aliphatic rings. The first-order valence-electron chi connectivity index (χ1n) is 9.04. The third kappa shape index (κ3) is 4.56. The summed E-state index contributed by atoms with van der Waals surface area (Å²) in [6, 6.07) is 8.54. The number of aromatic nitrogens is 1. The maximum absolute atomic E-state index is 13.6. The van der Waals surface area contributed by atoms with Gasteiger partial charge in [-0.2, -0.15) is 0 Å². The number of likely N-dealkylation sites (tertiary alicyclic amines) is 1. The van der Waals surface area contributed by atoms with Crippen molar-refractivity contribution in [3.63, 3.8) is 0 Å². The average molecular weight is 391 g/mol. The highest BCUT2D eigenvalue weighted by atomic mass is 19.3. The molecule has 1 aromatic carbocycles. The number of benzene rings is 1. The fourth-order valence-electron chi connectivity index (χ4n) is 2.95. The number of pyridine rings is 1. The van der Waals surface area contributed by atoms with Crippen molar-refractivity contribution >= 4 is 6.03 Å². The summed E-state index contributed by atoms with van der Waals surface area (Å²) >= 11 is 0. The number of carbonyl (C=O) groups excluding carboxylic acids is 1. The number of aliphatic hydroxyl groups excluding tert-OH is 1. The highest BCUT2D eigenvalue weighted by Gasteiger charge is 2.44. The van der Waals surface area contributed by atoms with E-state index in [0.717, 1.165) is 21.6 Å². The van der Waals surface area contributed by atoms with E-state index in [1.807, 2.05) is 32.0 Å². The number of nitrogens with one attached hydrogen (secondary N) is 1. The average Bonchev–Trinajstić information content (AvgIpc) is 2.66. The van der Waals surface area contributed by atoms with Gasteiger partial charge in [0.15, 0.2) is 0 Å². The number of hydrogen-bond donors (Lipinski definition) is 2. The van der Waals surface area contributed by atoms with Gasteiger partial charge in [-0.25, -0.2) is 18.6 Å². The first-order valence-corrected chi connectivity index (χ1v) is 9.04. The van der Waals surface area contributed by atoms with Crippen LogP contribution in [0, 0.1) is 13.8 Å². The number of rotatable bonds is 4. The predicted molar refractivity (Wildman–Crippen MR) is 99.6 cm³/mol. The van der Waals surface area contributed by atoms with E-state index in [-0.39, 0.29) is 19.5 Å². The number of alkyl halides is 2. The molecule has 3 rings (SSSR count). The molecule has 1 saturated heterocycles. The largest absolute Gasteiger partial charge is 0.439 e. The number of amides is 2. The van der Waals surface area contributed by atoms with E-state index in [4.69, 9.17) is 4.74 Å². The molecular weight excluding hydrogens is 368 g/mol. The van der Waals surface area contributed by atoms with Gasteiger partial charge in [0, 0.05) is 25.4 Å². The van der Waals surface area contributed by atoms with Crippen LogP contribution in [0.4, 0.5) is 13.6 Å². The van der Waals surface area contributed by atoms with Gasteiger partial charge in [0.2, 0.25) is 5.88 Å². The molecule has 2 aromatic rings. The number of urea groups is 1. The SMILES string of the molecule is Cc1cccc(Oc2cc(CNC(=O)N3CCC(O)C(F)(F)C3)ccn2)c1C. The molecule has 0 aliphatic carbocycles. The first-order chi connectivity index (χ1) is 13.3. The van der Waals surface area contributed by atoms with Crippen LogP contribution >= 0.6 is 0 Å². The number of nitrogens with zero attached hydrogens (tertiary/aromatic N) is 2. The molecule has 6 nitrogen and oxygen atoms in total. The molecule has 28 heavy (non-hydrogen) atoms. The van der Waals surface area contributed by atoms with Crippen LogP contribution in [-0.4, -0.2) is 46.1 Å². The lowest BCUT2D eigenvalue weighted by atomic mass is 10.0. The minimum absolute atomic E-state index is 0.0833. The van der Waals surface area contributed by atoms with E-state index in [1.54, 1.807) is 18.3 Å². The van der Waals surface area contributed by atoms with Crippen LogP contribution in [0.5, 0.6) is 11.6 Å². The highest BCUT2D eigenvalue weighted by molar-refractivity contribution is 5.74. The molecular formula is C20H23F2N3O3. The molecule has 0 bridgehead atoms. The lowest BCUT2D eigenvalue weighted by Crippen LogP contribution is -2.55. The summed E-state index contributed by atoms with van der Waals surface area (Å²) in [6.45, 7) is 3.39. The summed E-state index contributed by atoms with van der Waals surface area (Å²) < 4.78 is 33.0. The molecule has 1 unspecified atom stereocenters. The Labute approximate surface area is 162 Å². The zero-order chi connectivity index (χ0) is 20.3. The predicted octanol–water partition coefficient (Wildman–Crippen LogP) is 3.40. The van der Waals surface area contributed by atoms with Crippen LogP contribution < -0.4 is 10.1 Å². The fraction of sp³-hybridized carbons (Fsp3) is 0.400. The molecule has 150 valence electrons. The Balaban J connectivity index is 1.60. The summed E-state index contributed by atoms with van der Waals surface area (Å²) in [7, 11) is 0. The molecule has 2 heterocycles. The van der Waals surface area contributed by atoms with Crippen LogP contribution in [0.1, 0.15) is 23.1 Å². The highest BCUT2D eigenvalue weighted by Crippen LogP contribution is 2.28. The number of piperidine rings is 1. The maximum Gasteiger partial charge on any atom is 0.317 e. The zero-order valence-electron chi connectivity index (χ0n) is 15.8. The Hall–Kier alpha value is -2.74.